The van der Waals surface area contributed by atoms with Crippen LogP contribution in [0, 0.1) is 6.92 Å². The molecule has 2 heterocycles. The van der Waals surface area contributed by atoms with E-state index in [-0.39, 0.29) is 0 Å². The van der Waals surface area contributed by atoms with Crippen LogP contribution in [-0.2, 0) is 0 Å². The summed E-state index contributed by atoms with van der Waals surface area (Å²) >= 11 is 0. The molecule has 0 spiro atoms. The van der Waals surface area contributed by atoms with Crippen molar-refractivity contribution in [2.75, 3.05) is 0 Å². The van der Waals surface area contributed by atoms with Gasteiger partial charge in [-0.15, -0.1) is 0 Å². The fraction of sp³-hybridized carbons (Fsp3) is 0.167. The average molecular weight is 150 g/mol. The molecule has 5 nitrogen and oxygen atoms in total. The lowest BCUT2D eigenvalue weighted by Gasteiger charge is -1.87. The molecule has 2 aromatic rings. The van der Waals surface area contributed by atoms with Crippen molar-refractivity contribution in [1.82, 2.24) is 19.9 Å². The molecule has 0 unspecified atom stereocenters. The molecule has 0 bridgehead atoms. The van der Waals surface area contributed by atoms with Gasteiger partial charge in [0.15, 0.2) is 5.82 Å². The van der Waals surface area contributed by atoms with Crippen LogP contribution in [0.15, 0.2) is 23.2 Å². The summed E-state index contributed by atoms with van der Waals surface area (Å²) < 4.78 is 6.39. The highest BCUT2D eigenvalue weighted by Crippen LogP contribution is 2.04. The van der Waals surface area contributed by atoms with Crippen molar-refractivity contribution in [2.24, 2.45) is 0 Å². The van der Waals surface area contributed by atoms with Gasteiger partial charge in [-0.3, -0.25) is 0 Å². The summed E-state index contributed by atoms with van der Waals surface area (Å²) in [6.45, 7) is 1.83. The first-order chi connectivity index (χ1) is 5.36. The molecule has 0 aliphatic rings. The van der Waals surface area contributed by atoms with Gasteiger partial charge in [0.1, 0.15) is 18.4 Å². The van der Waals surface area contributed by atoms with Crippen molar-refractivity contribution in [3.8, 4) is 5.82 Å². The van der Waals surface area contributed by atoms with Crippen LogP contribution in [0.5, 0.6) is 0 Å². The second-order valence-corrected chi connectivity index (χ2v) is 2.14. The summed E-state index contributed by atoms with van der Waals surface area (Å²) in [6.07, 6.45) is 3.02. The zero-order valence-corrected chi connectivity index (χ0v) is 5.93. The zero-order valence-electron chi connectivity index (χ0n) is 5.93. The Labute approximate surface area is 62.6 Å². The first-order valence-corrected chi connectivity index (χ1v) is 3.14. The van der Waals surface area contributed by atoms with E-state index in [0.717, 1.165) is 5.76 Å². The lowest BCUT2D eigenvalue weighted by atomic mass is 10.5. The van der Waals surface area contributed by atoms with Gasteiger partial charge in [-0.05, 0) is 6.92 Å². The Morgan fingerprint density at radius 3 is 3.00 bits per heavy atom. The molecule has 0 amide bonds. The van der Waals surface area contributed by atoms with E-state index >= 15 is 0 Å². The maximum absolute atomic E-state index is 4.85. The SMILES string of the molecule is Cc1cc(-n2cncn2)no1. The molecule has 2 aromatic heterocycles. The van der Waals surface area contributed by atoms with E-state index in [4.69, 9.17) is 4.52 Å². The Morgan fingerprint density at radius 2 is 2.45 bits per heavy atom. The van der Waals surface area contributed by atoms with E-state index in [2.05, 4.69) is 15.2 Å². The Bertz CT molecular complexity index is 337. The number of hydrogen-bond donors (Lipinski definition) is 0. The molecule has 0 N–H and O–H groups in total. The Kier molecular flexibility index (Phi) is 1.21. The monoisotopic (exact) mass is 150 g/mol. The third-order valence-corrected chi connectivity index (χ3v) is 1.27. The second-order valence-electron chi connectivity index (χ2n) is 2.14. The second kappa shape index (κ2) is 2.19. The predicted molar refractivity (Wildman–Crippen MR) is 36.2 cm³/mol. The summed E-state index contributed by atoms with van der Waals surface area (Å²) in [5, 5.41) is 7.63. The molecule has 56 valence electrons. The van der Waals surface area contributed by atoms with Crippen LogP contribution in [0.4, 0.5) is 0 Å². The van der Waals surface area contributed by atoms with Crippen LogP contribution in [-0.4, -0.2) is 19.9 Å². The molecule has 0 aliphatic heterocycles. The highest BCUT2D eigenvalue weighted by atomic mass is 16.5. The van der Waals surface area contributed by atoms with Crippen molar-refractivity contribution < 1.29 is 4.52 Å². The van der Waals surface area contributed by atoms with Gasteiger partial charge in [0, 0.05) is 6.07 Å². The van der Waals surface area contributed by atoms with Gasteiger partial charge in [-0.2, -0.15) is 9.78 Å². The maximum Gasteiger partial charge on any atom is 0.198 e. The molecule has 2 rings (SSSR count). The maximum atomic E-state index is 4.85. The van der Waals surface area contributed by atoms with Crippen LogP contribution >= 0.6 is 0 Å². The van der Waals surface area contributed by atoms with Gasteiger partial charge in [-0.1, -0.05) is 5.16 Å². The third kappa shape index (κ3) is 1.000. The van der Waals surface area contributed by atoms with Crippen LogP contribution in [0.3, 0.4) is 0 Å². The van der Waals surface area contributed by atoms with E-state index in [1.54, 1.807) is 12.4 Å². The molecule has 5 heteroatoms. The van der Waals surface area contributed by atoms with Crippen LogP contribution < -0.4 is 0 Å². The largest absolute Gasteiger partial charge is 0.359 e. The normalized spacial score (nSPS) is 10.3. The number of aromatic nitrogens is 4. The molecule has 0 saturated carbocycles. The molecule has 0 radical (unpaired) electrons. The Balaban J connectivity index is 2.45. The molecule has 0 fully saturated rings. The minimum Gasteiger partial charge on any atom is -0.359 e. The van der Waals surface area contributed by atoms with Crippen LogP contribution in [0.25, 0.3) is 5.82 Å². The topological polar surface area (TPSA) is 56.7 Å². The van der Waals surface area contributed by atoms with Crippen molar-refractivity contribution in [1.29, 1.82) is 0 Å². The van der Waals surface area contributed by atoms with Gasteiger partial charge in [0.05, 0.1) is 0 Å². The third-order valence-electron chi connectivity index (χ3n) is 1.27. The smallest absolute Gasteiger partial charge is 0.198 e. The van der Waals surface area contributed by atoms with E-state index in [1.807, 2.05) is 6.92 Å². The molecule has 0 saturated heterocycles. The van der Waals surface area contributed by atoms with Crippen molar-refractivity contribution in [3.63, 3.8) is 0 Å². The van der Waals surface area contributed by atoms with Gasteiger partial charge >= 0.3 is 0 Å². The standard InChI is InChI=1S/C6H6N4O/c1-5-2-6(9-11-5)10-4-7-3-8-10/h2-4H,1H3. The summed E-state index contributed by atoms with van der Waals surface area (Å²) in [6, 6.07) is 1.79. The molecule has 0 aliphatic carbocycles. The minimum absolute atomic E-state index is 0.653. The lowest BCUT2D eigenvalue weighted by Crippen LogP contribution is -1.92. The van der Waals surface area contributed by atoms with Crippen LogP contribution in [0.1, 0.15) is 5.76 Å². The quantitative estimate of drug-likeness (QED) is 0.596. The summed E-state index contributed by atoms with van der Waals surface area (Å²) in [5.41, 5.74) is 0. The van der Waals surface area contributed by atoms with E-state index in [9.17, 15) is 0 Å². The van der Waals surface area contributed by atoms with Gasteiger partial charge in [-0.25, -0.2) is 4.98 Å². The fourth-order valence-corrected chi connectivity index (χ4v) is 0.788. The first-order valence-electron chi connectivity index (χ1n) is 3.14. The van der Waals surface area contributed by atoms with Crippen molar-refractivity contribution in [2.45, 2.75) is 6.92 Å². The highest BCUT2D eigenvalue weighted by molar-refractivity contribution is 5.18. The zero-order chi connectivity index (χ0) is 7.68. The summed E-state index contributed by atoms with van der Waals surface area (Å²) in [5.74, 6) is 1.41. The Morgan fingerprint density at radius 1 is 1.55 bits per heavy atom. The molecule has 0 aromatic carbocycles. The number of nitrogens with zero attached hydrogens (tertiary/aromatic N) is 4. The van der Waals surface area contributed by atoms with Crippen molar-refractivity contribution in [3.05, 3.63) is 24.5 Å². The fourth-order valence-electron chi connectivity index (χ4n) is 0.788. The molecular weight excluding hydrogens is 144 g/mol. The molecule has 0 atom stereocenters. The number of hydrogen-bond acceptors (Lipinski definition) is 4. The van der Waals surface area contributed by atoms with Crippen molar-refractivity contribution >= 4 is 0 Å². The minimum atomic E-state index is 0.653. The summed E-state index contributed by atoms with van der Waals surface area (Å²) in [7, 11) is 0. The first kappa shape index (κ1) is 6.09. The average Bonchev–Trinajstić information content (AvgIpc) is 2.55. The van der Waals surface area contributed by atoms with E-state index in [0.29, 0.717) is 5.82 Å². The van der Waals surface area contributed by atoms with Gasteiger partial charge in [0.2, 0.25) is 0 Å². The predicted octanol–water partition coefficient (Wildman–Crippen LogP) is 0.564. The summed E-state index contributed by atoms with van der Waals surface area (Å²) in [4.78, 5) is 3.78. The van der Waals surface area contributed by atoms with E-state index < -0.39 is 0 Å². The lowest BCUT2D eigenvalue weighted by molar-refractivity contribution is 0.393. The number of aryl methyl sites for hydroxylation is 1. The molecular formula is C6H6N4O. The van der Waals surface area contributed by atoms with E-state index in [1.165, 1.54) is 11.0 Å². The van der Waals surface area contributed by atoms with Crippen LogP contribution in [0.2, 0.25) is 0 Å². The van der Waals surface area contributed by atoms with Gasteiger partial charge in [0.25, 0.3) is 0 Å². The number of rotatable bonds is 1. The highest BCUT2D eigenvalue weighted by Gasteiger charge is 2.01. The van der Waals surface area contributed by atoms with Gasteiger partial charge < -0.3 is 4.52 Å². The Hall–Kier alpha value is -1.65. The molecule has 11 heavy (non-hydrogen) atoms.